The maximum atomic E-state index is 6.08. The number of nitrogens with zero attached hydrogens (tertiary/aromatic N) is 2. The zero-order chi connectivity index (χ0) is 14.7. The summed E-state index contributed by atoms with van der Waals surface area (Å²) in [6.45, 7) is 5.11. The van der Waals surface area contributed by atoms with Crippen LogP contribution in [-0.2, 0) is 6.54 Å². The molecule has 0 unspecified atom stereocenters. The molecule has 2 aromatic rings. The van der Waals surface area contributed by atoms with E-state index in [0.717, 1.165) is 29.3 Å². The van der Waals surface area contributed by atoms with Gasteiger partial charge in [-0.15, -0.1) is 0 Å². The zero-order valence-electron chi connectivity index (χ0n) is 12.4. The van der Waals surface area contributed by atoms with Gasteiger partial charge in [-0.1, -0.05) is 13.8 Å². The maximum Gasteiger partial charge on any atom is 0.128 e. The third-order valence-electron chi connectivity index (χ3n) is 3.00. The normalized spacial score (nSPS) is 10.8. The molecule has 108 valence electrons. The lowest BCUT2D eigenvalue weighted by Gasteiger charge is -2.09. The highest BCUT2D eigenvalue weighted by atomic mass is 16.5. The molecule has 0 saturated heterocycles. The van der Waals surface area contributed by atoms with Gasteiger partial charge in [0.25, 0.3) is 0 Å². The Bertz CT molecular complexity index is 591. The molecule has 5 heteroatoms. The van der Waals surface area contributed by atoms with Crippen molar-refractivity contribution in [3.63, 3.8) is 0 Å². The quantitative estimate of drug-likeness (QED) is 0.911. The molecule has 0 aliphatic heterocycles. The van der Waals surface area contributed by atoms with Gasteiger partial charge >= 0.3 is 0 Å². The van der Waals surface area contributed by atoms with Crippen LogP contribution in [0.2, 0.25) is 0 Å². The molecule has 20 heavy (non-hydrogen) atoms. The minimum atomic E-state index is 0.509. The molecule has 0 atom stereocenters. The predicted octanol–water partition coefficient (Wildman–Crippen LogP) is 2.81. The molecule has 0 fully saturated rings. The zero-order valence-corrected chi connectivity index (χ0v) is 12.4. The molecule has 0 radical (unpaired) electrons. The second-order valence-electron chi connectivity index (χ2n) is 5.12. The van der Waals surface area contributed by atoms with Gasteiger partial charge in [-0.3, -0.25) is 4.68 Å². The Labute approximate surface area is 119 Å². The molecular weight excluding hydrogens is 254 g/mol. The van der Waals surface area contributed by atoms with Crippen LogP contribution in [0, 0.1) is 5.92 Å². The summed E-state index contributed by atoms with van der Waals surface area (Å²) in [5, 5.41) is 4.56. The average Bonchev–Trinajstić information content (AvgIpc) is 2.77. The van der Waals surface area contributed by atoms with E-state index in [1.165, 1.54) is 0 Å². The number of hydrogen-bond acceptors (Lipinski definition) is 4. The van der Waals surface area contributed by atoms with E-state index < -0.39 is 0 Å². The molecule has 1 aromatic carbocycles. The predicted molar refractivity (Wildman–Crippen MR) is 80.0 cm³/mol. The summed E-state index contributed by atoms with van der Waals surface area (Å²) in [6.07, 6.45) is 1.86. The first-order chi connectivity index (χ1) is 9.55. The summed E-state index contributed by atoms with van der Waals surface area (Å²) in [6, 6.07) is 5.59. The molecule has 0 aliphatic carbocycles. The van der Waals surface area contributed by atoms with Crippen LogP contribution < -0.4 is 15.2 Å². The van der Waals surface area contributed by atoms with Gasteiger partial charge in [-0.05, 0) is 24.1 Å². The summed E-state index contributed by atoms with van der Waals surface area (Å²) in [5.41, 5.74) is 8.28. The van der Waals surface area contributed by atoms with Gasteiger partial charge in [0.15, 0.2) is 0 Å². The van der Waals surface area contributed by atoms with Gasteiger partial charge in [0.1, 0.15) is 17.2 Å². The molecule has 2 N–H and O–H groups in total. The Morgan fingerprint density at radius 2 is 2.00 bits per heavy atom. The van der Waals surface area contributed by atoms with Crippen molar-refractivity contribution in [3.8, 4) is 22.8 Å². The van der Waals surface area contributed by atoms with Crippen molar-refractivity contribution in [1.29, 1.82) is 0 Å². The molecule has 1 aromatic heterocycles. The average molecular weight is 275 g/mol. The van der Waals surface area contributed by atoms with Gasteiger partial charge in [-0.25, -0.2) is 0 Å². The van der Waals surface area contributed by atoms with E-state index in [1.54, 1.807) is 14.2 Å². The van der Waals surface area contributed by atoms with E-state index in [-0.39, 0.29) is 0 Å². The number of nitrogens with two attached hydrogens (primary N) is 1. The number of anilines is 1. The maximum absolute atomic E-state index is 6.08. The largest absolute Gasteiger partial charge is 0.497 e. The van der Waals surface area contributed by atoms with E-state index >= 15 is 0 Å². The highest BCUT2D eigenvalue weighted by Gasteiger charge is 2.15. The van der Waals surface area contributed by atoms with Gasteiger partial charge < -0.3 is 15.2 Å². The number of methoxy groups -OCH3 is 2. The SMILES string of the molecule is COc1ccc(OC)c(-c2nn(CC(C)C)cc2N)c1. The number of aromatic nitrogens is 2. The van der Waals surface area contributed by atoms with Crippen LogP contribution in [0.25, 0.3) is 11.3 Å². The minimum Gasteiger partial charge on any atom is -0.497 e. The van der Waals surface area contributed by atoms with Gasteiger partial charge in [0, 0.05) is 18.3 Å². The molecule has 0 aliphatic rings. The van der Waals surface area contributed by atoms with Crippen LogP contribution in [0.15, 0.2) is 24.4 Å². The first-order valence-corrected chi connectivity index (χ1v) is 6.60. The highest BCUT2D eigenvalue weighted by molar-refractivity contribution is 5.77. The van der Waals surface area contributed by atoms with Crippen molar-refractivity contribution < 1.29 is 9.47 Å². The highest BCUT2D eigenvalue weighted by Crippen LogP contribution is 2.35. The Balaban J connectivity index is 2.47. The monoisotopic (exact) mass is 275 g/mol. The molecule has 0 bridgehead atoms. The van der Waals surface area contributed by atoms with Crippen molar-refractivity contribution >= 4 is 5.69 Å². The van der Waals surface area contributed by atoms with Gasteiger partial charge in [-0.2, -0.15) is 5.10 Å². The number of hydrogen-bond donors (Lipinski definition) is 1. The van der Waals surface area contributed by atoms with E-state index in [0.29, 0.717) is 11.6 Å². The minimum absolute atomic E-state index is 0.509. The molecule has 0 spiro atoms. The lowest BCUT2D eigenvalue weighted by Crippen LogP contribution is -2.04. The van der Waals surface area contributed by atoms with E-state index in [4.69, 9.17) is 15.2 Å². The van der Waals surface area contributed by atoms with Crippen LogP contribution in [0.4, 0.5) is 5.69 Å². The molecule has 1 heterocycles. The third kappa shape index (κ3) is 2.87. The molecule has 0 amide bonds. The fourth-order valence-corrected chi connectivity index (χ4v) is 2.11. The fraction of sp³-hybridized carbons (Fsp3) is 0.400. The number of ether oxygens (including phenoxy) is 2. The Morgan fingerprint density at radius 3 is 2.60 bits per heavy atom. The Morgan fingerprint density at radius 1 is 1.25 bits per heavy atom. The summed E-state index contributed by atoms with van der Waals surface area (Å²) in [5.74, 6) is 1.99. The van der Waals surface area contributed by atoms with Crippen LogP contribution >= 0.6 is 0 Å². The molecule has 0 saturated carbocycles. The fourth-order valence-electron chi connectivity index (χ4n) is 2.11. The molecule has 5 nitrogen and oxygen atoms in total. The second-order valence-corrected chi connectivity index (χ2v) is 5.12. The Kier molecular flexibility index (Phi) is 4.17. The van der Waals surface area contributed by atoms with Crippen molar-refractivity contribution in [1.82, 2.24) is 9.78 Å². The first-order valence-electron chi connectivity index (χ1n) is 6.60. The second kappa shape index (κ2) is 5.86. The van der Waals surface area contributed by atoms with E-state index in [2.05, 4.69) is 18.9 Å². The number of nitrogen functional groups attached to an aromatic ring is 1. The Hall–Kier alpha value is -2.17. The van der Waals surface area contributed by atoms with E-state index in [9.17, 15) is 0 Å². The summed E-state index contributed by atoms with van der Waals surface area (Å²) >= 11 is 0. The van der Waals surface area contributed by atoms with Gasteiger partial charge in [0.2, 0.25) is 0 Å². The van der Waals surface area contributed by atoms with Gasteiger partial charge in [0.05, 0.1) is 19.9 Å². The van der Waals surface area contributed by atoms with Crippen LogP contribution in [0.1, 0.15) is 13.8 Å². The first kappa shape index (κ1) is 14.2. The summed E-state index contributed by atoms with van der Waals surface area (Å²) in [7, 11) is 3.26. The number of rotatable bonds is 5. The van der Waals surface area contributed by atoms with Crippen LogP contribution in [-0.4, -0.2) is 24.0 Å². The lowest BCUT2D eigenvalue weighted by atomic mass is 10.1. The summed E-state index contributed by atoms with van der Waals surface area (Å²) < 4.78 is 12.5. The van der Waals surface area contributed by atoms with Crippen LogP contribution in [0.3, 0.4) is 0 Å². The van der Waals surface area contributed by atoms with E-state index in [1.807, 2.05) is 29.1 Å². The lowest BCUT2D eigenvalue weighted by molar-refractivity contribution is 0.404. The van der Waals surface area contributed by atoms with Crippen molar-refractivity contribution in [2.75, 3.05) is 20.0 Å². The van der Waals surface area contributed by atoms with Crippen molar-refractivity contribution in [2.24, 2.45) is 5.92 Å². The van der Waals surface area contributed by atoms with Crippen molar-refractivity contribution in [2.45, 2.75) is 20.4 Å². The standard InChI is InChI=1S/C15H21N3O2/c1-10(2)8-18-9-13(16)15(17-18)12-7-11(19-3)5-6-14(12)20-4/h5-7,9-10H,8,16H2,1-4H3. The smallest absolute Gasteiger partial charge is 0.128 e. The molecule has 2 rings (SSSR count). The third-order valence-corrected chi connectivity index (χ3v) is 3.00. The van der Waals surface area contributed by atoms with Crippen molar-refractivity contribution in [3.05, 3.63) is 24.4 Å². The number of benzene rings is 1. The summed E-state index contributed by atoms with van der Waals surface area (Å²) in [4.78, 5) is 0. The molecular formula is C15H21N3O2. The topological polar surface area (TPSA) is 62.3 Å². The van der Waals surface area contributed by atoms with Crippen LogP contribution in [0.5, 0.6) is 11.5 Å².